The van der Waals surface area contributed by atoms with Crippen molar-refractivity contribution < 1.29 is 39.6 Å². The second-order valence-electron chi connectivity index (χ2n) is 2.57. The summed E-state index contributed by atoms with van der Waals surface area (Å²) < 4.78 is 0. The number of aliphatic hydroxyl groups is 2. The first-order valence-electron chi connectivity index (χ1n) is 3.79. The largest absolute Gasteiger partial charge is 0.479 e. The molecule has 0 aromatic heterocycles. The first-order chi connectivity index (χ1) is 5.59. The molecule has 72 valence electrons. The Morgan fingerprint density at radius 2 is 2.00 bits per heavy atom. The maximum Gasteiger partial charge on any atom is 0.335 e. The van der Waals surface area contributed by atoms with E-state index < -0.39 is 18.2 Å². The van der Waals surface area contributed by atoms with E-state index in [2.05, 4.69) is 6.58 Å². The summed E-state index contributed by atoms with van der Waals surface area (Å²) in [5.74, 6) is -1.39. The van der Waals surface area contributed by atoms with Crippen LogP contribution in [0.2, 0.25) is 0 Å². The SMILES string of the molecule is C=CCCCC(O)C(O)C(=O)O.[Zn]. The summed E-state index contributed by atoms with van der Waals surface area (Å²) in [7, 11) is 0. The van der Waals surface area contributed by atoms with Crippen LogP contribution in [0, 0.1) is 0 Å². The Hall–Kier alpha value is -0.247. The van der Waals surface area contributed by atoms with Gasteiger partial charge in [0.05, 0.1) is 6.10 Å². The number of carboxylic acid groups (broad SMARTS) is 1. The van der Waals surface area contributed by atoms with Crippen molar-refractivity contribution in [1.82, 2.24) is 0 Å². The Morgan fingerprint density at radius 1 is 1.46 bits per heavy atom. The van der Waals surface area contributed by atoms with Gasteiger partial charge in [-0.15, -0.1) is 6.58 Å². The molecule has 0 rings (SSSR count). The number of aliphatic hydroxyl groups excluding tert-OH is 2. The molecular weight excluding hydrogens is 225 g/mol. The summed E-state index contributed by atoms with van der Waals surface area (Å²) in [5, 5.41) is 26.1. The van der Waals surface area contributed by atoms with Gasteiger partial charge in [0.1, 0.15) is 0 Å². The van der Waals surface area contributed by atoms with Gasteiger partial charge in [-0.05, 0) is 19.3 Å². The van der Waals surface area contributed by atoms with Gasteiger partial charge < -0.3 is 15.3 Å². The van der Waals surface area contributed by atoms with E-state index in [0.29, 0.717) is 12.8 Å². The molecule has 0 fully saturated rings. The smallest absolute Gasteiger partial charge is 0.335 e. The zero-order valence-electron chi connectivity index (χ0n) is 7.52. The molecule has 0 aromatic carbocycles. The molecule has 0 radical (unpaired) electrons. The van der Waals surface area contributed by atoms with Crippen LogP contribution in [0.3, 0.4) is 0 Å². The second kappa shape index (κ2) is 8.36. The minimum atomic E-state index is -1.67. The molecule has 3 N–H and O–H groups in total. The third-order valence-corrected chi connectivity index (χ3v) is 1.53. The van der Waals surface area contributed by atoms with Crippen molar-refractivity contribution >= 4 is 5.97 Å². The Balaban J connectivity index is 0. The molecule has 0 spiro atoms. The molecule has 0 aliphatic carbocycles. The molecule has 0 saturated carbocycles. The number of carbonyl (C=O) groups is 1. The van der Waals surface area contributed by atoms with Crippen LogP contribution < -0.4 is 0 Å². The summed E-state index contributed by atoms with van der Waals surface area (Å²) in [4.78, 5) is 10.1. The van der Waals surface area contributed by atoms with E-state index >= 15 is 0 Å². The van der Waals surface area contributed by atoms with Crippen molar-refractivity contribution in [2.75, 3.05) is 0 Å². The normalized spacial score (nSPS) is 14.0. The van der Waals surface area contributed by atoms with Gasteiger partial charge in [0.25, 0.3) is 0 Å². The first kappa shape index (κ1) is 15.2. The number of allylic oxidation sites excluding steroid dienone is 1. The molecule has 0 aliphatic heterocycles. The van der Waals surface area contributed by atoms with E-state index in [0.717, 1.165) is 0 Å². The monoisotopic (exact) mass is 238 g/mol. The Labute approximate surface area is 90.0 Å². The summed E-state index contributed by atoms with van der Waals surface area (Å²) in [6.07, 6.45) is 0.454. The molecule has 5 heteroatoms. The average Bonchev–Trinajstić information content (AvgIpc) is 2.03. The predicted octanol–water partition coefficient (Wildman–Crippen LogP) is 0.147. The van der Waals surface area contributed by atoms with Crippen LogP contribution in [0.4, 0.5) is 0 Å². The molecule has 4 nitrogen and oxygen atoms in total. The molecule has 0 bridgehead atoms. The van der Waals surface area contributed by atoms with Crippen LogP contribution in [-0.4, -0.2) is 33.5 Å². The van der Waals surface area contributed by atoms with E-state index in [4.69, 9.17) is 15.3 Å². The number of aliphatic carboxylic acids is 1. The minimum absolute atomic E-state index is 0. The van der Waals surface area contributed by atoms with Gasteiger partial charge in [-0.1, -0.05) is 6.08 Å². The van der Waals surface area contributed by atoms with Crippen molar-refractivity contribution in [2.45, 2.75) is 31.5 Å². The van der Waals surface area contributed by atoms with E-state index in [-0.39, 0.29) is 25.9 Å². The molecule has 0 amide bonds. The van der Waals surface area contributed by atoms with Crippen LogP contribution in [0.15, 0.2) is 12.7 Å². The molecule has 0 aromatic rings. The van der Waals surface area contributed by atoms with Crippen LogP contribution in [0.25, 0.3) is 0 Å². The molecular formula is C8H14O4Zn. The summed E-state index contributed by atoms with van der Waals surface area (Å²) in [5.41, 5.74) is 0. The van der Waals surface area contributed by atoms with Crippen molar-refractivity contribution in [3.8, 4) is 0 Å². The second-order valence-corrected chi connectivity index (χ2v) is 2.57. The molecule has 2 atom stereocenters. The van der Waals surface area contributed by atoms with Gasteiger partial charge in [-0.25, -0.2) is 4.79 Å². The number of unbranched alkanes of at least 4 members (excludes halogenated alkanes) is 1. The number of rotatable bonds is 6. The van der Waals surface area contributed by atoms with E-state index in [1.165, 1.54) is 0 Å². The van der Waals surface area contributed by atoms with E-state index in [1.807, 2.05) is 0 Å². The maximum atomic E-state index is 10.1. The molecule has 2 unspecified atom stereocenters. The topological polar surface area (TPSA) is 77.8 Å². The Kier molecular flexibility index (Phi) is 9.79. The van der Waals surface area contributed by atoms with Crippen LogP contribution in [-0.2, 0) is 24.3 Å². The fourth-order valence-electron chi connectivity index (χ4n) is 0.794. The predicted molar refractivity (Wildman–Crippen MR) is 43.7 cm³/mol. The first-order valence-corrected chi connectivity index (χ1v) is 3.79. The minimum Gasteiger partial charge on any atom is -0.479 e. The van der Waals surface area contributed by atoms with Gasteiger partial charge in [0, 0.05) is 19.5 Å². The van der Waals surface area contributed by atoms with Gasteiger partial charge in [0.2, 0.25) is 0 Å². The summed E-state index contributed by atoms with van der Waals surface area (Å²) in [6, 6.07) is 0. The summed E-state index contributed by atoms with van der Waals surface area (Å²) in [6.45, 7) is 3.48. The Bertz CT molecular complexity index is 160. The molecule has 0 aliphatic rings. The zero-order chi connectivity index (χ0) is 9.56. The van der Waals surface area contributed by atoms with Gasteiger partial charge in [-0.3, -0.25) is 0 Å². The molecule has 0 heterocycles. The summed E-state index contributed by atoms with van der Waals surface area (Å²) >= 11 is 0. The quantitative estimate of drug-likeness (QED) is 0.350. The van der Waals surface area contributed by atoms with Crippen molar-refractivity contribution in [3.63, 3.8) is 0 Å². The van der Waals surface area contributed by atoms with Crippen molar-refractivity contribution in [2.24, 2.45) is 0 Å². The van der Waals surface area contributed by atoms with E-state index in [9.17, 15) is 4.79 Å². The van der Waals surface area contributed by atoms with Crippen molar-refractivity contribution in [3.05, 3.63) is 12.7 Å². The van der Waals surface area contributed by atoms with Gasteiger partial charge >= 0.3 is 5.97 Å². The van der Waals surface area contributed by atoms with Crippen LogP contribution in [0.1, 0.15) is 19.3 Å². The fourth-order valence-corrected chi connectivity index (χ4v) is 0.794. The number of hydrogen-bond acceptors (Lipinski definition) is 3. The van der Waals surface area contributed by atoms with Gasteiger partial charge in [0.15, 0.2) is 6.10 Å². The zero-order valence-corrected chi connectivity index (χ0v) is 10.5. The van der Waals surface area contributed by atoms with E-state index in [1.54, 1.807) is 6.08 Å². The third kappa shape index (κ3) is 6.87. The average molecular weight is 240 g/mol. The molecule has 0 saturated heterocycles. The van der Waals surface area contributed by atoms with Crippen LogP contribution >= 0.6 is 0 Å². The number of hydrogen-bond donors (Lipinski definition) is 3. The van der Waals surface area contributed by atoms with Gasteiger partial charge in [-0.2, -0.15) is 0 Å². The molecule has 13 heavy (non-hydrogen) atoms. The van der Waals surface area contributed by atoms with Crippen LogP contribution in [0.5, 0.6) is 0 Å². The standard InChI is InChI=1S/C8H14O4.Zn/c1-2-3-4-5-6(9)7(10)8(11)12;/h2,6-7,9-10H,1,3-5H2,(H,11,12);. The van der Waals surface area contributed by atoms with Crippen molar-refractivity contribution in [1.29, 1.82) is 0 Å². The number of carboxylic acids is 1. The maximum absolute atomic E-state index is 10.1. The Morgan fingerprint density at radius 3 is 2.38 bits per heavy atom. The fraction of sp³-hybridized carbons (Fsp3) is 0.625. The third-order valence-electron chi connectivity index (χ3n) is 1.53.